The monoisotopic (exact) mass is 176 g/mol. The van der Waals surface area contributed by atoms with Crippen molar-refractivity contribution in [2.45, 2.75) is 0 Å². The van der Waals surface area contributed by atoms with Crippen LogP contribution in [0.4, 0.5) is 0 Å². The van der Waals surface area contributed by atoms with Gasteiger partial charge in [-0.2, -0.15) is 0 Å². The normalized spacial score (nSPS) is 10.5. The first-order chi connectivity index (χ1) is 6.18. The van der Waals surface area contributed by atoms with E-state index in [4.69, 9.17) is 5.11 Å². The van der Waals surface area contributed by atoms with E-state index in [1.54, 1.807) is 12.3 Å². The molecule has 0 spiro atoms. The van der Waals surface area contributed by atoms with Gasteiger partial charge in [0.05, 0.1) is 11.7 Å². The van der Waals surface area contributed by atoms with Crippen molar-refractivity contribution in [3.63, 3.8) is 0 Å². The minimum Gasteiger partial charge on any atom is -0.477 e. The average Bonchev–Trinajstić information content (AvgIpc) is 2.47. The number of aryl methyl sites for hydroxylation is 1. The fourth-order valence-corrected chi connectivity index (χ4v) is 1.28. The standard InChI is InChI=1S/C9H8N2O2/c1-11-3-2-6-4-7(9(12)13)10-5-8(6)11/h2-5H,1H3,(H,12,13). The zero-order valence-electron chi connectivity index (χ0n) is 7.06. The SMILES string of the molecule is Cn1ccc2cc(C(=O)O)ncc21. The summed E-state index contributed by atoms with van der Waals surface area (Å²) >= 11 is 0. The molecule has 0 saturated carbocycles. The molecular weight excluding hydrogens is 168 g/mol. The molecule has 66 valence electrons. The van der Waals surface area contributed by atoms with E-state index in [2.05, 4.69) is 4.98 Å². The number of carbonyl (C=O) groups is 1. The van der Waals surface area contributed by atoms with Gasteiger partial charge in [-0.1, -0.05) is 0 Å². The van der Waals surface area contributed by atoms with Gasteiger partial charge in [-0.3, -0.25) is 0 Å². The van der Waals surface area contributed by atoms with Crippen LogP contribution in [-0.2, 0) is 7.05 Å². The second kappa shape index (κ2) is 2.58. The Balaban J connectivity index is 2.70. The second-order valence-corrected chi connectivity index (χ2v) is 2.86. The molecule has 0 amide bonds. The summed E-state index contributed by atoms with van der Waals surface area (Å²) in [6.07, 6.45) is 3.44. The second-order valence-electron chi connectivity index (χ2n) is 2.86. The molecule has 13 heavy (non-hydrogen) atoms. The van der Waals surface area contributed by atoms with Gasteiger partial charge in [0.15, 0.2) is 0 Å². The lowest BCUT2D eigenvalue weighted by molar-refractivity contribution is 0.0690. The van der Waals surface area contributed by atoms with Gasteiger partial charge in [0, 0.05) is 18.6 Å². The van der Waals surface area contributed by atoms with E-state index >= 15 is 0 Å². The van der Waals surface area contributed by atoms with Crippen LogP contribution in [0.5, 0.6) is 0 Å². The lowest BCUT2D eigenvalue weighted by atomic mass is 10.2. The van der Waals surface area contributed by atoms with Crippen molar-refractivity contribution in [3.05, 3.63) is 30.2 Å². The summed E-state index contributed by atoms with van der Waals surface area (Å²) in [5.74, 6) is -0.995. The fraction of sp³-hybridized carbons (Fsp3) is 0.111. The Bertz CT molecular complexity index is 473. The van der Waals surface area contributed by atoms with Crippen LogP contribution in [-0.4, -0.2) is 20.6 Å². The predicted molar refractivity (Wildman–Crippen MR) is 47.7 cm³/mol. The van der Waals surface area contributed by atoms with Crippen molar-refractivity contribution in [1.82, 2.24) is 9.55 Å². The molecule has 0 bridgehead atoms. The van der Waals surface area contributed by atoms with Crippen molar-refractivity contribution in [2.75, 3.05) is 0 Å². The van der Waals surface area contributed by atoms with Gasteiger partial charge in [0.25, 0.3) is 0 Å². The summed E-state index contributed by atoms with van der Waals surface area (Å²) < 4.78 is 1.90. The maximum Gasteiger partial charge on any atom is 0.354 e. The third kappa shape index (κ3) is 1.16. The number of aromatic carboxylic acids is 1. The third-order valence-electron chi connectivity index (χ3n) is 1.99. The van der Waals surface area contributed by atoms with Crippen molar-refractivity contribution in [2.24, 2.45) is 7.05 Å². The summed E-state index contributed by atoms with van der Waals surface area (Å²) in [7, 11) is 1.89. The number of nitrogens with zero attached hydrogens (tertiary/aromatic N) is 2. The Labute approximate surface area is 74.4 Å². The van der Waals surface area contributed by atoms with E-state index in [0.29, 0.717) is 0 Å². The highest BCUT2D eigenvalue weighted by molar-refractivity contribution is 5.91. The Morgan fingerprint density at radius 3 is 3.08 bits per heavy atom. The molecule has 0 aromatic carbocycles. The van der Waals surface area contributed by atoms with Crippen molar-refractivity contribution in [1.29, 1.82) is 0 Å². The number of fused-ring (bicyclic) bond motifs is 1. The summed E-state index contributed by atoms with van der Waals surface area (Å²) in [6.45, 7) is 0. The van der Waals surface area contributed by atoms with E-state index in [9.17, 15) is 4.79 Å². The molecule has 4 nitrogen and oxygen atoms in total. The maximum absolute atomic E-state index is 10.6. The van der Waals surface area contributed by atoms with Gasteiger partial charge < -0.3 is 9.67 Å². The molecule has 2 heterocycles. The molecule has 1 N–H and O–H groups in total. The van der Waals surface area contributed by atoms with E-state index < -0.39 is 5.97 Å². The van der Waals surface area contributed by atoms with Crippen molar-refractivity contribution in [3.8, 4) is 0 Å². The Morgan fingerprint density at radius 2 is 2.38 bits per heavy atom. The van der Waals surface area contributed by atoms with Gasteiger partial charge in [-0.15, -0.1) is 0 Å². The van der Waals surface area contributed by atoms with Crippen molar-refractivity contribution < 1.29 is 9.90 Å². The zero-order valence-corrected chi connectivity index (χ0v) is 7.06. The molecule has 0 aliphatic carbocycles. The molecular formula is C9H8N2O2. The number of carboxylic acid groups (broad SMARTS) is 1. The number of aromatic nitrogens is 2. The van der Waals surface area contributed by atoms with Crippen LogP contribution in [0.1, 0.15) is 10.5 Å². The van der Waals surface area contributed by atoms with E-state index in [1.807, 2.05) is 23.9 Å². The lowest BCUT2D eigenvalue weighted by Gasteiger charge is -1.96. The summed E-state index contributed by atoms with van der Waals surface area (Å²) in [4.78, 5) is 14.4. The first-order valence-corrected chi connectivity index (χ1v) is 3.83. The molecule has 0 aliphatic rings. The van der Waals surface area contributed by atoms with Crippen molar-refractivity contribution >= 4 is 16.9 Å². The number of pyridine rings is 1. The van der Waals surface area contributed by atoms with Crippen LogP contribution in [0.3, 0.4) is 0 Å². The highest BCUT2D eigenvalue weighted by atomic mass is 16.4. The van der Waals surface area contributed by atoms with Crippen LogP contribution in [0.2, 0.25) is 0 Å². The summed E-state index contributed by atoms with van der Waals surface area (Å²) in [5, 5.41) is 9.58. The van der Waals surface area contributed by atoms with E-state index in [-0.39, 0.29) is 5.69 Å². The molecule has 0 fully saturated rings. The smallest absolute Gasteiger partial charge is 0.354 e. The van der Waals surface area contributed by atoms with Gasteiger partial charge in [0.2, 0.25) is 0 Å². The molecule has 2 aromatic rings. The van der Waals surface area contributed by atoms with Crippen LogP contribution in [0, 0.1) is 0 Å². The number of rotatable bonds is 1. The number of hydrogen-bond donors (Lipinski definition) is 1. The van der Waals surface area contributed by atoms with E-state index in [1.165, 1.54) is 0 Å². The quantitative estimate of drug-likeness (QED) is 0.711. The lowest BCUT2D eigenvalue weighted by Crippen LogP contribution is -1.99. The van der Waals surface area contributed by atoms with Crippen LogP contribution < -0.4 is 0 Å². The Morgan fingerprint density at radius 1 is 1.62 bits per heavy atom. The van der Waals surface area contributed by atoms with Gasteiger partial charge in [-0.05, 0) is 12.1 Å². The molecule has 4 heteroatoms. The molecule has 0 radical (unpaired) electrons. The Hall–Kier alpha value is -1.84. The minimum absolute atomic E-state index is 0.0821. The number of carboxylic acids is 1. The van der Waals surface area contributed by atoms with E-state index in [0.717, 1.165) is 10.9 Å². The highest BCUT2D eigenvalue weighted by Crippen LogP contribution is 2.14. The molecule has 2 aromatic heterocycles. The number of hydrogen-bond acceptors (Lipinski definition) is 2. The Kier molecular flexibility index (Phi) is 1.55. The van der Waals surface area contributed by atoms with Crippen LogP contribution in [0.25, 0.3) is 10.9 Å². The van der Waals surface area contributed by atoms with Gasteiger partial charge in [-0.25, -0.2) is 9.78 Å². The molecule has 0 aliphatic heterocycles. The molecule has 0 saturated heterocycles. The molecule has 2 rings (SSSR count). The topological polar surface area (TPSA) is 55.1 Å². The minimum atomic E-state index is -0.995. The van der Waals surface area contributed by atoms with Gasteiger partial charge >= 0.3 is 5.97 Å². The first kappa shape index (κ1) is 7.79. The van der Waals surface area contributed by atoms with Crippen LogP contribution >= 0.6 is 0 Å². The molecule has 0 atom stereocenters. The zero-order chi connectivity index (χ0) is 9.42. The largest absolute Gasteiger partial charge is 0.477 e. The average molecular weight is 176 g/mol. The predicted octanol–water partition coefficient (Wildman–Crippen LogP) is 1.27. The van der Waals surface area contributed by atoms with Gasteiger partial charge in [0.1, 0.15) is 5.69 Å². The van der Waals surface area contributed by atoms with Crippen LogP contribution in [0.15, 0.2) is 24.5 Å². The first-order valence-electron chi connectivity index (χ1n) is 3.83. The molecule has 0 unspecified atom stereocenters. The fourth-order valence-electron chi connectivity index (χ4n) is 1.28. The highest BCUT2D eigenvalue weighted by Gasteiger charge is 2.06. The summed E-state index contributed by atoms with van der Waals surface area (Å²) in [5.41, 5.74) is 1.02. The summed E-state index contributed by atoms with van der Waals surface area (Å²) in [6, 6.07) is 3.43. The maximum atomic E-state index is 10.6. The third-order valence-corrected chi connectivity index (χ3v) is 1.99.